The fraction of sp³-hybridized carbons (Fsp3) is 0.294. The highest BCUT2D eigenvalue weighted by atomic mass is 16.2. The number of rotatable bonds is 2. The van der Waals surface area contributed by atoms with E-state index in [9.17, 15) is 4.79 Å². The van der Waals surface area contributed by atoms with Crippen LogP contribution in [0.1, 0.15) is 29.0 Å². The van der Waals surface area contributed by atoms with Gasteiger partial charge in [-0.2, -0.15) is 0 Å². The summed E-state index contributed by atoms with van der Waals surface area (Å²) >= 11 is 0. The first-order chi connectivity index (χ1) is 10.3. The quantitative estimate of drug-likeness (QED) is 0.918. The molecule has 2 aromatic rings. The Balaban J connectivity index is 1.79. The fourth-order valence-corrected chi connectivity index (χ4v) is 2.69. The molecule has 0 spiro atoms. The van der Waals surface area contributed by atoms with Gasteiger partial charge in [-0.15, -0.1) is 0 Å². The standard InChI is InChI=1S/C17H19N3O/c1-13-11-19-16(14-7-3-2-4-8-14)12-20(13)17(21)15-9-5-6-10-18-15/h2-10,13,16,19H,11-12H2,1H3. The van der Waals surface area contributed by atoms with Gasteiger partial charge in [0.2, 0.25) is 0 Å². The first-order valence-electron chi connectivity index (χ1n) is 7.26. The highest BCUT2D eigenvalue weighted by Gasteiger charge is 2.30. The molecule has 2 heterocycles. The molecule has 0 aliphatic carbocycles. The summed E-state index contributed by atoms with van der Waals surface area (Å²) in [6.07, 6.45) is 1.66. The van der Waals surface area contributed by atoms with Crippen LogP contribution in [0.2, 0.25) is 0 Å². The molecule has 1 saturated heterocycles. The van der Waals surface area contributed by atoms with E-state index < -0.39 is 0 Å². The van der Waals surface area contributed by atoms with Gasteiger partial charge in [0, 0.05) is 31.4 Å². The molecule has 0 bridgehead atoms. The number of nitrogens with zero attached hydrogens (tertiary/aromatic N) is 2. The van der Waals surface area contributed by atoms with E-state index in [2.05, 4.69) is 29.4 Å². The summed E-state index contributed by atoms with van der Waals surface area (Å²) in [4.78, 5) is 18.7. The lowest BCUT2D eigenvalue weighted by Gasteiger charge is -2.38. The SMILES string of the molecule is CC1CNC(c2ccccc2)CN1C(=O)c1ccccn1. The minimum atomic E-state index is 0.00512. The van der Waals surface area contributed by atoms with Gasteiger partial charge in [-0.1, -0.05) is 36.4 Å². The maximum Gasteiger partial charge on any atom is 0.272 e. The van der Waals surface area contributed by atoms with Crippen LogP contribution in [0, 0.1) is 0 Å². The predicted molar refractivity (Wildman–Crippen MR) is 81.9 cm³/mol. The lowest BCUT2D eigenvalue weighted by Crippen LogP contribution is -2.53. The third-order valence-corrected chi connectivity index (χ3v) is 3.92. The number of carbonyl (C=O) groups is 1. The molecule has 1 aliphatic rings. The summed E-state index contributed by atoms with van der Waals surface area (Å²) in [7, 11) is 0. The Hall–Kier alpha value is -2.20. The number of aromatic nitrogens is 1. The smallest absolute Gasteiger partial charge is 0.272 e. The van der Waals surface area contributed by atoms with Crippen molar-refractivity contribution in [3.05, 3.63) is 66.0 Å². The summed E-state index contributed by atoms with van der Waals surface area (Å²) in [6, 6.07) is 16.0. The van der Waals surface area contributed by atoms with Crippen LogP contribution in [0.5, 0.6) is 0 Å². The third-order valence-electron chi connectivity index (χ3n) is 3.92. The van der Waals surface area contributed by atoms with Crippen LogP contribution in [-0.4, -0.2) is 34.9 Å². The van der Waals surface area contributed by atoms with E-state index in [1.165, 1.54) is 5.56 Å². The van der Waals surface area contributed by atoms with E-state index in [0.29, 0.717) is 12.2 Å². The van der Waals surface area contributed by atoms with Crippen molar-refractivity contribution in [1.29, 1.82) is 0 Å². The van der Waals surface area contributed by atoms with E-state index in [4.69, 9.17) is 0 Å². The van der Waals surface area contributed by atoms with Crippen LogP contribution in [0.15, 0.2) is 54.7 Å². The predicted octanol–water partition coefficient (Wildman–Crippen LogP) is 2.26. The van der Waals surface area contributed by atoms with E-state index in [1.807, 2.05) is 35.2 Å². The van der Waals surface area contributed by atoms with Crippen molar-refractivity contribution in [1.82, 2.24) is 15.2 Å². The average molecular weight is 281 g/mol. The lowest BCUT2D eigenvalue weighted by molar-refractivity contribution is 0.0601. The van der Waals surface area contributed by atoms with Crippen molar-refractivity contribution >= 4 is 5.91 Å². The summed E-state index contributed by atoms with van der Waals surface area (Å²) in [5, 5.41) is 3.51. The van der Waals surface area contributed by atoms with Crippen molar-refractivity contribution in [2.75, 3.05) is 13.1 Å². The minimum absolute atomic E-state index is 0.00512. The van der Waals surface area contributed by atoms with E-state index >= 15 is 0 Å². The van der Waals surface area contributed by atoms with Gasteiger partial charge in [0.05, 0.1) is 0 Å². The van der Waals surface area contributed by atoms with E-state index in [0.717, 1.165) is 6.54 Å². The number of hydrogen-bond donors (Lipinski definition) is 1. The highest BCUT2D eigenvalue weighted by molar-refractivity contribution is 5.92. The molecule has 1 fully saturated rings. The second kappa shape index (κ2) is 6.06. The number of hydrogen-bond acceptors (Lipinski definition) is 3. The fourth-order valence-electron chi connectivity index (χ4n) is 2.69. The van der Waals surface area contributed by atoms with E-state index in [1.54, 1.807) is 12.3 Å². The van der Waals surface area contributed by atoms with Gasteiger partial charge in [-0.3, -0.25) is 9.78 Å². The third kappa shape index (κ3) is 2.95. The van der Waals surface area contributed by atoms with Gasteiger partial charge < -0.3 is 10.2 Å². The zero-order valence-corrected chi connectivity index (χ0v) is 12.1. The molecule has 4 nitrogen and oxygen atoms in total. The molecule has 3 rings (SSSR count). The molecular weight excluding hydrogens is 262 g/mol. The molecule has 1 amide bonds. The summed E-state index contributed by atoms with van der Waals surface area (Å²) < 4.78 is 0. The van der Waals surface area contributed by atoms with Gasteiger partial charge in [0.1, 0.15) is 5.69 Å². The normalized spacial score (nSPS) is 22.0. The van der Waals surface area contributed by atoms with Crippen molar-refractivity contribution in [2.24, 2.45) is 0 Å². The van der Waals surface area contributed by atoms with Crippen LogP contribution in [0.4, 0.5) is 0 Å². The van der Waals surface area contributed by atoms with Crippen LogP contribution >= 0.6 is 0 Å². The molecule has 2 unspecified atom stereocenters. The molecule has 1 aliphatic heterocycles. The summed E-state index contributed by atoms with van der Waals surface area (Å²) in [5.74, 6) is 0.00512. The maximum atomic E-state index is 12.6. The van der Waals surface area contributed by atoms with Crippen molar-refractivity contribution in [2.45, 2.75) is 19.0 Å². The minimum Gasteiger partial charge on any atom is -0.331 e. The average Bonchev–Trinajstić information content (AvgIpc) is 2.56. The Morgan fingerprint density at radius 2 is 1.95 bits per heavy atom. The highest BCUT2D eigenvalue weighted by Crippen LogP contribution is 2.21. The number of piperazine rings is 1. The van der Waals surface area contributed by atoms with Gasteiger partial charge >= 0.3 is 0 Å². The number of nitrogens with one attached hydrogen (secondary N) is 1. The second-order valence-electron chi connectivity index (χ2n) is 5.39. The molecule has 21 heavy (non-hydrogen) atoms. The molecule has 1 aromatic heterocycles. The van der Waals surface area contributed by atoms with Crippen LogP contribution in [-0.2, 0) is 0 Å². The lowest BCUT2D eigenvalue weighted by atomic mass is 10.0. The number of carbonyl (C=O) groups excluding carboxylic acids is 1. The largest absolute Gasteiger partial charge is 0.331 e. The van der Waals surface area contributed by atoms with Crippen molar-refractivity contribution in [3.63, 3.8) is 0 Å². The Labute approximate surface area is 124 Å². The summed E-state index contributed by atoms with van der Waals surface area (Å²) in [6.45, 7) is 3.52. The van der Waals surface area contributed by atoms with Gasteiger partial charge in [-0.25, -0.2) is 0 Å². The maximum absolute atomic E-state index is 12.6. The van der Waals surface area contributed by atoms with E-state index in [-0.39, 0.29) is 18.0 Å². The van der Waals surface area contributed by atoms with Crippen LogP contribution in [0.3, 0.4) is 0 Å². The van der Waals surface area contributed by atoms with Crippen molar-refractivity contribution in [3.8, 4) is 0 Å². The number of pyridine rings is 1. The van der Waals surface area contributed by atoms with Crippen LogP contribution < -0.4 is 5.32 Å². The molecule has 108 valence electrons. The van der Waals surface area contributed by atoms with Gasteiger partial charge in [0.25, 0.3) is 5.91 Å². The molecule has 1 aromatic carbocycles. The Morgan fingerprint density at radius 3 is 2.67 bits per heavy atom. The summed E-state index contributed by atoms with van der Waals surface area (Å²) in [5.41, 5.74) is 1.72. The number of benzene rings is 1. The topological polar surface area (TPSA) is 45.2 Å². The number of amides is 1. The van der Waals surface area contributed by atoms with Crippen molar-refractivity contribution < 1.29 is 4.79 Å². The molecule has 0 radical (unpaired) electrons. The van der Waals surface area contributed by atoms with Gasteiger partial charge in [-0.05, 0) is 24.6 Å². The second-order valence-corrected chi connectivity index (χ2v) is 5.39. The van der Waals surface area contributed by atoms with Crippen LogP contribution in [0.25, 0.3) is 0 Å². The first kappa shape index (κ1) is 13.8. The molecule has 0 saturated carbocycles. The van der Waals surface area contributed by atoms with Gasteiger partial charge in [0.15, 0.2) is 0 Å². The zero-order chi connectivity index (χ0) is 14.7. The molecular formula is C17H19N3O. The Kier molecular flexibility index (Phi) is 3.97. The molecule has 2 atom stereocenters. The Bertz CT molecular complexity index is 600. The first-order valence-corrected chi connectivity index (χ1v) is 7.26. The molecule has 1 N–H and O–H groups in total. The monoisotopic (exact) mass is 281 g/mol. The zero-order valence-electron chi connectivity index (χ0n) is 12.1. The Morgan fingerprint density at radius 1 is 1.19 bits per heavy atom. The molecule has 4 heteroatoms.